The fraction of sp³-hybridized carbons (Fsp3) is 0. The Labute approximate surface area is 266 Å². The summed E-state index contributed by atoms with van der Waals surface area (Å²) in [5, 5.41) is 12.2. The molecule has 0 unspecified atom stereocenters. The van der Waals surface area contributed by atoms with Gasteiger partial charge in [-0.3, -0.25) is 0 Å². The van der Waals surface area contributed by atoms with Gasteiger partial charge in [-0.2, -0.15) is 0 Å². The molecule has 0 atom stereocenters. The van der Waals surface area contributed by atoms with Crippen LogP contribution in [0, 0.1) is 0 Å². The van der Waals surface area contributed by atoms with Gasteiger partial charge in [0.05, 0.1) is 42.3 Å². The Hall–Kier alpha value is -4.40. The quantitative estimate of drug-likeness (QED) is 0.178. The van der Waals surface area contributed by atoms with Gasteiger partial charge < -0.3 is 14.5 Å². The molecule has 2 aromatic carbocycles. The van der Waals surface area contributed by atoms with Gasteiger partial charge in [0.2, 0.25) is 0 Å². The lowest BCUT2D eigenvalue weighted by molar-refractivity contribution is 1.10. The third-order valence-electron chi connectivity index (χ3n) is 7.40. The van der Waals surface area contributed by atoms with Crippen LogP contribution in [0.25, 0.3) is 53.7 Å². The third-order valence-corrected chi connectivity index (χ3v) is 11.0. The Bertz CT molecular complexity index is 1800. The van der Waals surface area contributed by atoms with Gasteiger partial charge in [-0.15, -0.1) is 45.3 Å². The predicted molar refractivity (Wildman–Crippen MR) is 188 cm³/mol. The second-order valence-electron chi connectivity index (χ2n) is 10.0. The van der Waals surface area contributed by atoms with Gasteiger partial charge in [0, 0.05) is 22.7 Å². The summed E-state index contributed by atoms with van der Waals surface area (Å²) >= 11 is 7.08. The fourth-order valence-corrected chi connectivity index (χ4v) is 8.41. The minimum absolute atomic E-state index is 1.05. The lowest BCUT2D eigenvalue weighted by Gasteiger charge is -2.15. The molecule has 43 heavy (non-hydrogen) atoms. The fourth-order valence-electron chi connectivity index (χ4n) is 5.45. The van der Waals surface area contributed by atoms with Crippen molar-refractivity contribution in [3.63, 3.8) is 0 Å². The molecule has 0 saturated carbocycles. The van der Waals surface area contributed by atoms with Crippen molar-refractivity contribution in [2.45, 2.75) is 0 Å². The molecular weight excluding hydrogens is 603 g/mol. The normalized spacial score (nSPS) is 11.3. The molecule has 6 heterocycles. The molecule has 0 saturated heterocycles. The first-order valence-electron chi connectivity index (χ1n) is 13.9. The number of thiophene rings is 4. The third kappa shape index (κ3) is 5.00. The summed E-state index contributed by atoms with van der Waals surface area (Å²) in [6.45, 7) is 0. The van der Waals surface area contributed by atoms with Crippen LogP contribution in [0.4, 0.5) is 11.4 Å². The van der Waals surface area contributed by atoms with Gasteiger partial charge in [0.15, 0.2) is 0 Å². The largest absolute Gasteiger partial charge is 0.356 e. The van der Waals surface area contributed by atoms with Crippen LogP contribution in [0.5, 0.6) is 0 Å². The molecule has 208 valence electrons. The molecular formula is C36H25N3S4. The summed E-state index contributed by atoms with van der Waals surface area (Å²) < 4.78 is 4.73. The highest BCUT2D eigenvalue weighted by Gasteiger charge is 2.16. The van der Waals surface area contributed by atoms with Crippen LogP contribution in [0.15, 0.2) is 143 Å². The van der Waals surface area contributed by atoms with E-state index in [2.05, 4.69) is 157 Å². The highest BCUT2D eigenvalue weighted by Crippen LogP contribution is 2.38. The Balaban J connectivity index is 1.09. The summed E-state index contributed by atoms with van der Waals surface area (Å²) in [4.78, 5) is 5.05. The van der Waals surface area contributed by atoms with Gasteiger partial charge in [0.1, 0.15) is 0 Å². The molecule has 1 N–H and O–H groups in total. The smallest absolute Gasteiger partial charge is 0.0635 e. The Morgan fingerprint density at radius 2 is 0.651 bits per heavy atom. The van der Waals surface area contributed by atoms with Crippen molar-refractivity contribution in [2.24, 2.45) is 0 Å². The molecule has 0 amide bonds. The molecule has 7 heteroatoms. The summed E-state index contributed by atoms with van der Waals surface area (Å²) in [5.74, 6) is 0. The standard InChI is InChI=1S/C36H25N3S4/c1-5-33(40-21-1)29-17-18-30(34-6-2-22-41-34)38(29)27-13-9-25(10-14-27)37-26-11-15-28(16-12-26)39-31(35-7-3-23-42-35)19-20-32(39)36-8-4-24-43-36/h1-24,37H. The first kappa shape index (κ1) is 26.2. The second kappa shape index (κ2) is 11.4. The van der Waals surface area contributed by atoms with E-state index in [1.165, 1.54) is 42.3 Å². The first-order chi connectivity index (χ1) is 21.3. The van der Waals surface area contributed by atoms with Crippen molar-refractivity contribution >= 4 is 56.7 Å². The van der Waals surface area contributed by atoms with E-state index in [1.807, 2.05) is 0 Å². The van der Waals surface area contributed by atoms with E-state index in [-0.39, 0.29) is 0 Å². The maximum Gasteiger partial charge on any atom is 0.0635 e. The molecule has 0 radical (unpaired) electrons. The van der Waals surface area contributed by atoms with Crippen LogP contribution in [-0.2, 0) is 0 Å². The van der Waals surface area contributed by atoms with E-state index in [4.69, 9.17) is 0 Å². The Kier molecular flexibility index (Phi) is 6.93. The number of anilines is 2. The summed E-state index contributed by atoms with van der Waals surface area (Å²) in [7, 11) is 0. The van der Waals surface area contributed by atoms with Gasteiger partial charge in [-0.1, -0.05) is 24.3 Å². The summed E-state index contributed by atoms with van der Waals surface area (Å²) in [5.41, 5.74) is 9.25. The van der Waals surface area contributed by atoms with Crippen molar-refractivity contribution in [1.29, 1.82) is 0 Å². The summed E-state index contributed by atoms with van der Waals surface area (Å²) in [6, 6.07) is 43.6. The zero-order chi connectivity index (χ0) is 28.6. The molecule has 0 aliphatic heterocycles. The van der Waals surface area contributed by atoms with Crippen molar-refractivity contribution in [3.05, 3.63) is 143 Å². The minimum Gasteiger partial charge on any atom is -0.356 e. The van der Waals surface area contributed by atoms with E-state index in [9.17, 15) is 0 Å². The molecule has 0 bridgehead atoms. The van der Waals surface area contributed by atoms with E-state index >= 15 is 0 Å². The number of rotatable bonds is 8. The second-order valence-corrected chi connectivity index (χ2v) is 13.8. The zero-order valence-electron chi connectivity index (χ0n) is 22.9. The van der Waals surface area contributed by atoms with E-state index < -0.39 is 0 Å². The lowest BCUT2D eigenvalue weighted by atomic mass is 10.2. The Morgan fingerprint density at radius 3 is 0.907 bits per heavy atom. The topological polar surface area (TPSA) is 21.9 Å². The van der Waals surface area contributed by atoms with Crippen LogP contribution >= 0.6 is 45.3 Å². The number of hydrogen-bond donors (Lipinski definition) is 1. The molecule has 3 nitrogen and oxygen atoms in total. The van der Waals surface area contributed by atoms with Gasteiger partial charge in [-0.05, 0) is 119 Å². The van der Waals surface area contributed by atoms with Gasteiger partial charge in [-0.25, -0.2) is 0 Å². The maximum atomic E-state index is 3.61. The molecule has 6 aromatic heterocycles. The SMILES string of the molecule is c1csc(-c2ccc(-c3cccs3)n2-c2ccc(Nc3ccc(-n4c(-c5cccs5)ccc4-c4cccs4)cc3)cc2)c1. The number of hydrogen-bond acceptors (Lipinski definition) is 5. The Morgan fingerprint density at radius 1 is 0.349 bits per heavy atom. The summed E-state index contributed by atoms with van der Waals surface area (Å²) in [6.07, 6.45) is 0. The van der Waals surface area contributed by atoms with E-state index in [1.54, 1.807) is 45.3 Å². The average molecular weight is 628 g/mol. The van der Waals surface area contributed by atoms with Gasteiger partial charge in [0.25, 0.3) is 0 Å². The molecule has 0 aliphatic rings. The van der Waals surface area contributed by atoms with Gasteiger partial charge >= 0.3 is 0 Å². The number of benzene rings is 2. The number of nitrogens with one attached hydrogen (secondary N) is 1. The molecule has 0 aliphatic carbocycles. The lowest BCUT2D eigenvalue weighted by Crippen LogP contribution is -1.99. The molecule has 8 rings (SSSR count). The molecule has 0 fully saturated rings. The van der Waals surface area contributed by atoms with Crippen LogP contribution in [0.3, 0.4) is 0 Å². The highest BCUT2D eigenvalue weighted by molar-refractivity contribution is 7.14. The van der Waals surface area contributed by atoms with Crippen molar-refractivity contribution in [1.82, 2.24) is 9.13 Å². The maximum absolute atomic E-state index is 3.61. The van der Waals surface area contributed by atoms with Crippen molar-refractivity contribution < 1.29 is 0 Å². The molecule has 0 spiro atoms. The predicted octanol–water partition coefficient (Wildman–Crippen LogP) is 11.9. The van der Waals surface area contributed by atoms with Crippen LogP contribution in [0.1, 0.15) is 0 Å². The average Bonchev–Trinajstić information content (AvgIpc) is 3.89. The van der Waals surface area contributed by atoms with Crippen molar-refractivity contribution in [2.75, 3.05) is 5.32 Å². The van der Waals surface area contributed by atoms with Crippen LogP contribution in [-0.4, -0.2) is 9.13 Å². The number of aromatic nitrogens is 2. The zero-order valence-corrected chi connectivity index (χ0v) is 26.1. The molecule has 8 aromatic rings. The number of nitrogens with zero attached hydrogens (tertiary/aromatic N) is 2. The first-order valence-corrected chi connectivity index (χ1v) is 17.4. The minimum atomic E-state index is 1.05. The van der Waals surface area contributed by atoms with Crippen LogP contribution < -0.4 is 5.32 Å². The van der Waals surface area contributed by atoms with E-state index in [0.717, 1.165) is 22.7 Å². The monoisotopic (exact) mass is 627 g/mol. The highest BCUT2D eigenvalue weighted by atomic mass is 32.1. The van der Waals surface area contributed by atoms with Crippen molar-refractivity contribution in [3.8, 4) is 53.7 Å². The van der Waals surface area contributed by atoms with Crippen LogP contribution in [0.2, 0.25) is 0 Å². The van der Waals surface area contributed by atoms with E-state index in [0.29, 0.717) is 0 Å².